The van der Waals surface area contributed by atoms with E-state index in [0.717, 1.165) is 12.0 Å². The van der Waals surface area contributed by atoms with Gasteiger partial charge in [-0.15, -0.1) is 23.5 Å². The molecule has 1 aliphatic heterocycles. The van der Waals surface area contributed by atoms with Gasteiger partial charge in [-0.1, -0.05) is 67.7 Å². The maximum Gasteiger partial charge on any atom is 0.240 e. The fraction of sp³-hybridized carbons (Fsp3) is 0.478. The number of sulfonamides is 1. The summed E-state index contributed by atoms with van der Waals surface area (Å²) >= 11 is 4.14. The Hall–Kier alpha value is -0.733. The zero-order valence-electron chi connectivity index (χ0n) is 18.4. The molecule has 3 rings (SSSR count). The van der Waals surface area contributed by atoms with Gasteiger partial charge in [0.15, 0.2) is 0 Å². The summed E-state index contributed by atoms with van der Waals surface area (Å²) in [4.78, 5) is 0.345. The van der Waals surface area contributed by atoms with Gasteiger partial charge in [-0.2, -0.15) is 0 Å². The topological polar surface area (TPSA) is 46.2 Å². The van der Waals surface area contributed by atoms with Crippen molar-refractivity contribution in [1.82, 2.24) is 4.72 Å². The van der Waals surface area contributed by atoms with Gasteiger partial charge >= 0.3 is 0 Å². The number of rotatable bonds is 8. The first kappa shape index (κ1) is 23.9. The molecule has 0 unspecified atom stereocenters. The number of thioether (sulfide) groups is 2. The molecule has 0 bridgehead atoms. The molecule has 0 spiro atoms. The molecule has 0 amide bonds. The summed E-state index contributed by atoms with van der Waals surface area (Å²) in [5.74, 6) is 2.33. The highest BCUT2D eigenvalue weighted by atomic mass is 32.2. The number of hydrogen-bond donors (Lipinski definition) is 1. The van der Waals surface area contributed by atoms with Crippen LogP contribution in [0.2, 0.25) is 19.6 Å². The fourth-order valence-corrected chi connectivity index (χ4v) is 12.9. The van der Waals surface area contributed by atoms with Gasteiger partial charge in [0, 0.05) is 6.04 Å². The van der Waals surface area contributed by atoms with E-state index < -0.39 is 18.1 Å². The lowest BCUT2D eigenvalue weighted by atomic mass is 10.0. The van der Waals surface area contributed by atoms with Crippen molar-refractivity contribution in [2.24, 2.45) is 0 Å². The van der Waals surface area contributed by atoms with E-state index >= 15 is 0 Å². The molecule has 2 aromatic rings. The molecule has 1 N–H and O–H groups in total. The molecule has 1 saturated heterocycles. The molecule has 1 aliphatic rings. The smallest absolute Gasteiger partial charge is 0.208 e. The quantitative estimate of drug-likeness (QED) is 0.492. The molecular weight excluding hydrogens is 447 g/mol. The Kier molecular flexibility index (Phi) is 7.83. The minimum absolute atomic E-state index is 0.125. The number of nitrogens with one attached hydrogen (secondary N) is 1. The fourth-order valence-electron chi connectivity index (χ4n) is 3.82. The summed E-state index contributed by atoms with van der Waals surface area (Å²) in [6.45, 7) is 9.24. The summed E-state index contributed by atoms with van der Waals surface area (Å²) in [5, 5.41) is 0. The van der Waals surface area contributed by atoms with E-state index in [2.05, 4.69) is 60.0 Å². The van der Waals surface area contributed by atoms with E-state index in [1.165, 1.54) is 23.5 Å². The average molecular weight is 480 g/mol. The van der Waals surface area contributed by atoms with Crippen LogP contribution in [0.5, 0.6) is 0 Å². The van der Waals surface area contributed by atoms with Crippen LogP contribution in [0.3, 0.4) is 0 Å². The molecule has 30 heavy (non-hydrogen) atoms. The first-order chi connectivity index (χ1) is 14.1. The first-order valence-corrected chi connectivity index (χ1v) is 17.5. The van der Waals surface area contributed by atoms with Gasteiger partial charge in [-0.25, -0.2) is 13.1 Å². The van der Waals surface area contributed by atoms with E-state index in [1.54, 1.807) is 12.1 Å². The summed E-state index contributed by atoms with van der Waals surface area (Å²) in [5.41, 5.74) is 2.23. The average Bonchev–Trinajstić information content (AvgIpc) is 2.68. The maximum absolute atomic E-state index is 13.2. The van der Waals surface area contributed by atoms with Crippen LogP contribution in [0.25, 0.3) is 0 Å². The van der Waals surface area contributed by atoms with Crippen LogP contribution in [0.15, 0.2) is 59.5 Å². The summed E-state index contributed by atoms with van der Waals surface area (Å²) in [6, 6.07) is 17.2. The highest BCUT2D eigenvalue weighted by Crippen LogP contribution is 2.51. The van der Waals surface area contributed by atoms with Crippen molar-refractivity contribution in [3.8, 4) is 0 Å². The standard InChI is InChI=1S/C23H33NO2S3Si/c1-19-11-13-22(14-12-19)29(25,26)24-21(17-20-9-6-5-7-10-20)18-23(30(2,3)4)27-15-8-16-28-23/h5-7,9-14,21,24H,8,15-18H2,1-4H3/t21-/m0/s1. The van der Waals surface area contributed by atoms with Crippen LogP contribution in [-0.2, 0) is 16.4 Å². The van der Waals surface area contributed by atoms with Gasteiger partial charge in [0.05, 0.1) is 16.7 Å². The second-order valence-corrected chi connectivity index (χ2v) is 19.9. The molecule has 3 nitrogen and oxygen atoms in total. The Morgan fingerprint density at radius 1 is 1.00 bits per heavy atom. The van der Waals surface area contributed by atoms with Crippen LogP contribution in [-0.4, -0.2) is 37.7 Å². The minimum Gasteiger partial charge on any atom is -0.208 e. The Labute approximate surface area is 191 Å². The lowest BCUT2D eigenvalue weighted by molar-refractivity contribution is 0.527. The zero-order chi connectivity index (χ0) is 21.8. The Morgan fingerprint density at radius 2 is 1.60 bits per heavy atom. The minimum atomic E-state index is -3.57. The van der Waals surface area contributed by atoms with Gasteiger partial charge in [0.1, 0.15) is 0 Å². The number of hydrogen-bond acceptors (Lipinski definition) is 4. The molecule has 0 radical (unpaired) electrons. The van der Waals surface area contributed by atoms with Crippen LogP contribution in [0, 0.1) is 6.92 Å². The van der Waals surface area contributed by atoms with E-state index in [9.17, 15) is 8.42 Å². The van der Waals surface area contributed by atoms with Crippen molar-refractivity contribution < 1.29 is 8.42 Å². The summed E-state index contributed by atoms with van der Waals surface area (Å²) < 4.78 is 29.7. The van der Waals surface area contributed by atoms with E-state index in [4.69, 9.17) is 0 Å². The maximum atomic E-state index is 13.2. The van der Waals surface area contributed by atoms with Gasteiger partial charge < -0.3 is 0 Å². The molecule has 1 heterocycles. The van der Waals surface area contributed by atoms with Crippen LogP contribution in [0.1, 0.15) is 24.0 Å². The van der Waals surface area contributed by atoms with E-state index in [1.807, 2.05) is 37.3 Å². The molecular formula is C23H33NO2S3Si. The van der Waals surface area contributed by atoms with Gasteiger partial charge in [-0.3, -0.25) is 0 Å². The Bertz CT molecular complexity index is 919. The molecule has 0 aliphatic carbocycles. The largest absolute Gasteiger partial charge is 0.240 e. The third-order valence-corrected chi connectivity index (χ3v) is 17.1. The molecule has 164 valence electrons. The van der Waals surface area contributed by atoms with Gasteiger partial charge in [0.2, 0.25) is 10.0 Å². The highest BCUT2D eigenvalue weighted by molar-refractivity contribution is 8.21. The highest BCUT2D eigenvalue weighted by Gasteiger charge is 2.47. The van der Waals surface area contributed by atoms with Crippen LogP contribution in [0.4, 0.5) is 0 Å². The van der Waals surface area contributed by atoms with Crippen molar-refractivity contribution in [2.45, 2.75) is 60.5 Å². The zero-order valence-corrected chi connectivity index (χ0v) is 21.8. The number of benzene rings is 2. The predicted molar refractivity (Wildman–Crippen MR) is 136 cm³/mol. The van der Waals surface area contributed by atoms with Gasteiger partial charge in [-0.05, 0) is 55.4 Å². The summed E-state index contributed by atoms with van der Waals surface area (Å²) in [6.07, 6.45) is 2.80. The number of aryl methyl sites for hydroxylation is 1. The second kappa shape index (κ2) is 9.82. The Balaban J connectivity index is 1.90. The molecule has 1 atom stereocenters. The van der Waals surface area contributed by atoms with Crippen molar-refractivity contribution >= 4 is 41.6 Å². The summed E-state index contributed by atoms with van der Waals surface area (Å²) in [7, 11) is -5.13. The molecule has 2 aromatic carbocycles. The van der Waals surface area contributed by atoms with Crippen molar-refractivity contribution in [1.29, 1.82) is 0 Å². The monoisotopic (exact) mass is 479 g/mol. The molecule has 1 fully saturated rings. The SMILES string of the molecule is Cc1ccc(S(=O)(=O)N[C@@H](Cc2ccccc2)CC2([Si](C)(C)C)SCCCS2)cc1. The van der Waals surface area contributed by atoms with Crippen LogP contribution < -0.4 is 4.72 Å². The third kappa shape index (κ3) is 5.94. The van der Waals surface area contributed by atoms with Crippen molar-refractivity contribution in [2.75, 3.05) is 11.5 Å². The van der Waals surface area contributed by atoms with E-state index in [0.29, 0.717) is 11.3 Å². The van der Waals surface area contributed by atoms with Crippen molar-refractivity contribution in [3.05, 3.63) is 65.7 Å². The Morgan fingerprint density at radius 3 is 2.17 bits per heavy atom. The molecule has 0 saturated carbocycles. The van der Waals surface area contributed by atoms with Gasteiger partial charge in [0.25, 0.3) is 0 Å². The van der Waals surface area contributed by atoms with Crippen molar-refractivity contribution in [3.63, 3.8) is 0 Å². The van der Waals surface area contributed by atoms with E-state index in [-0.39, 0.29) is 9.74 Å². The lowest BCUT2D eigenvalue weighted by Crippen LogP contribution is -2.53. The first-order valence-electron chi connectivity index (χ1n) is 10.5. The molecule has 7 heteroatoms. The third-order valence-electron chi connectivity index (χ3n) is 5.59. The molecule has 0 aromatic heterocycles. The predicted octanol–water partition coefficient (Wildman–Crippen LogP) is 5.72. The second-order valence-electron chi connectivity index (χ2n) is 9.08. The lowest BCUT2D eigenvalue weighted by Gasteiger charge is -2.47. The normalized spacial score (nSPS) is 18.1. The van der Waals surface area contributed by atoms with Crippen LogP contribution >= 0.6 is 23.5 Å².